The molecule has 1 saturated heterocycles. The van der Waals surface area contributed by atoms with Crippen molar-refractivity contribution in [3.05, 3.63) is 0 Å². The largest absolute Gasteiger partial charge is 0.370 e. The number of nitrogens with one attached hydrogen (secondary N) is 1. The van der Waals surface area contributed by atoms with Crippen molar-refractivity contribution in [3.63, 3.8) is 0 Å². The van der Waals surface area contributed by atoms with E-state index in [2.05, 4.69) is 18.8 Å². The van der Waals surface area contributed by atoms with E-state index < -0.39 is 0 Å². The molecule has 1 aliphatic rings. The minimum Gasteiger partial charge on any atom is -0.370 e. The van der Waals surface area contributed by atoms with Gasteiger partial charge in [0.15, 0.2) is 5.96 Å². The van der Waals surface area contributed by atoms with Crippen molar-refractivity contribution in [1.29, 1.82) is 5.41 Å². The number of nitrogens with two attached hydrogens (primary N) is 2. The predicted octanol–water partition coefficient (Wildman–Crippen LogP) is 0.315. The fourth-order valence-corrected chi connectivity index (χ4v) is 1.77. The van der Waals surface area contributed by atoms with Gasteiger partial charge in [-0.05, 0) is 25.7 Å². The van der Waals surface area contributed by atoms with Crippen molar-refractivity contribution >= 4 is 11.9 Å². The average molecular weight is 197 g/mol. The second-order valence-corrected chi connectivity index (χ2v) is 4.04. The van der Waals surface area contributed by atoms with Crippen LogP contribution in [0.4, 0.5) is 0 Å². The summed E-state index contributed by atoms with van der Waals surface area (Å²) in [5, 5.41) is 7.71. The first-order chi connectivity index (χ1) is 6.50. The molecule has 0 aromatic heterocycles. The highest BCUT2D eigenvalue weighted by atomic mass is 15.3. The van der Waals surface area contributed by atoms with Gasteiger partial charge in [-0.3, -0.25) is 5.41 Å². The van der Waals surface area contributed by atoms with Crippen molar-refractivity contribution in [1.82, 2.24) is 4.90 Å². The third kappa shape index (κ3) is 2.61. The molecule has 0 amide bonds. The number of rotatable bonds is 0. The first-order valence-corrected chi connectivity index (χ1v) is 4.95. The van der Waals surface area contributed by atoms with Crippen LogP contribution in [-0.2, 0) is 0 Å². The van der Waals surface area contributed by atoms with Crippen molar-refractivity contribution in [2.45, 2.75) is 32.7 Å². The molecular weight excluding hydrogens is 178 g/mol. The highest BCUT2D eigenvalue weighted by Gasteiger charge is 2.24. The van der Waals surface area contributed by atoms with Gasteiger partial charge in [0.25, 0.3) is 0 Å². The van der Waals surface area contributed by atoms with Crippen LogP contribution < -0.4 is 11.5 Å². The Morgan fingerprint density at radius 2 is 2.00 bits per heavy atom. The van der Waals surface area contributed by atoms with E-state index >= 15 is 0 Å². The van der Waals surface area contributed by atoms with E-state index in [-0.39, 0.29) is 11.9 Å². The summed E-state index contributed by atoms with van der Waals surface area (Å²) in [6.45, 7) is 5.15. The molecule has 0 radical (unpaired) electrons. The maximum atomic E-state index is 7.71. The minimum absolute atomic E-state index is 0.0413. The number of likely N-dealkylation sites (tertiary alicyclic amines) is 1. The number of hydrogen-bond acceptors (Lipinski definition) is 1. The molecule has 1 rings (SSSR count). The molecule has 5 N–H and O–H groups in total. The van der Waals surface area contributed by atoms with Crippen LogP contribution in [0, 0.1) is 11.3 Å². The summed E-state index contributed by atoms with van der Waals surface area (Å²) in [4.78, 5) is 5.72. The summed E-state index contributed by atoms with van der Waals surface area (Å²) in [5.74, 6) is 0.755. The predicted molar refractivity (Wildman–Crippen MR) is 58.1 cm³/mol. The van der Waals surface area contributed by atoms with E-state index in [0.29, 0.717) is 12.0 Å². The molecule has 1 aliphatic heterocycles. The normalized spacial score (nSPS) is 27.1. The minimum atomic E-state index is -0.0413. The van der Waals surface area contributed by atoms with Crippen LogP contribution in [0.25, 0.3) is 0 Å². The second-order valence-electron chi connectivity index (χ2n) is 4.04. The summed E-state index contributed by atoms with van der Waals surface area (Å²) in [5.41, 5.74) is 10.5. The van der Waals surface area contributed by atoms with Gasteiger partial charge in [-0.25, -0.2) is 0 Å². The topological polar surface area (TPSA) is 91.5 Å². The van der Waals surface area contributed by atoms with E-state index in [4.69, 9.17) is 16.9 Å². The first kappa shape index (κ1) is 10.8. The lowest BCUT2D eigenvalue weighted by Crippen LogP contribution is -2.45. The van der Waals surface area contributed by atoms with Crippen LogP contribution in [0.3, 0.4) is 0 Å². The van der Waals surface area contributed by atoms with Crippen molar-refractivity contribution in [2.75, 3.05) is 6.54 Å². The van der Waals surface area contributed by atoms with Gasteiger partial charge in [-0.1, -0.05) is 6.92 Å². The Balaban J connectivity index is 2.65. The Labute approximate surface area is 84.7 Å². The zero-order valence-corrected chi connectivity index (χ0v) is 8.83. The lowest BCUT2D eigenvalue weighted by Gasteiger charge is -2.36. The molecule has 80 valence electrons. The standard InChI is InChI=1S/C9H19N5/c1-6-3-4-7(2)14(5-6)9(12)13-8(10)11/h6-7H,3-5H2,1-2H3,(H5,10,11,12,13). The van der Waals surface area contributed by atoms with Crippen LogP contribution in [0.2, 0.25) is 0 Å². The molecule has 1 heterocycles. The third-order valence-electron chi connectivity index (χ3n) is 2.62. The van der Waals surface area contributed by atoms with Gasteiger partial charge in [0, 0.05) is 12.6 Å². The Morgan fingerprint density at radius 3 is 2.57 bits per heavy atom. The Kier molecular flexibility index (Phi) is 3.33. The lowest BCUT2D eigenvalue weighted by molar-refractivity contribution is 0.204. The maximum Gasteiger partial charge on any atom is 0.221 e. The smallest absolute Gasteiger partial charge is 0.221 e. The van der Waals surface area contributed by atoms with Crippen molar-refractivity contribution in [2.24, 2.45) is 22.4 Å². The molecule has 0 saturated carbocycles. The number of nitrogens with zero attached hydrogens (tertiary/aromatic N) is 2. The van der Waals surface area contributed by atoms with Crippen molar-refractivity contribution in [3.8, 4) is 0 Å². The molecule has 0 spiro atoms. The summed E-state index contributed by atoms with van der Waals surface area (Å²) >= 11 is 0. The lowest BCUT2D eigenvalue weighted by atomic mass is 9.95. The van der Waals surface area contributed by atoms with Gasteiger partial charge < -0.3 is 16.4 Å². The molecule has 14 heavy (non-hydrogen) atoms. The molecule has 0 aliphatic carbocycles. The van der Waals surface area contributed by atoms with Gasteiger partial charge in [-0.2, -0.15) is 4.99 Å². The molecule has 0 bridgehead atoms. The van der Waals surface area contributed by atoms with Gasteiger partial charge in [0.2, 0.25) is 5.96 Å². The zero-order chi connectivity index (χ0) is 10.7. The van der Waals surface area contributed by atoms with Gasteiger partial charge in [-0.15, -0.1) is 0 Å². The summed E-state index contributed by atoms with van der Waals surface area (Å²) < 4.78 is 0. The van der Waals surface area contributed by atoms with E-state index in [1.807, 2.05) is 4.90 Å². The average Bonchev–Trinajstić information content (AvgIpc) is 2.08. The van der Waals surface area contributed by atoms with Crippen LogP contribution in [0.15, 0.2) is 4.99 Å². The van der Waals surface area contributed by atoms with Gasteiger partial charge in [0.05, 0.1) is 0 Å². The molecule has 5 nitrogen and oxygen atoms in total. The van der Waals surface area contributed by atoms with E-state index in [1.165, 1.54) is 6.42 Å². The van der Waals surface area contributed by atoms with E-state index in [0.717, 1.165) is 13.0 Å². The SMILES string of the molecule is CC1CCC(C)N(C(=N)N=C(N)N)C1. The van der Waals surface area contributed by atoms with E-state index in [9.17, 15) is 0 Å². The molecule has 2 atom stereocenters. The van der Waals surface area contributed by atoms with Crippen molar-refractivity contribution < 1.29 is 0 Å². The Hall–Kier alpha value is -1.26. The molecule has 5 heteroatoms. The highest BCUT2D eigenvalue weighted by Crippen LogP contribution is 2.21. The molecule has 2 unspecified atom stereocenters. The fraction of sp³-hybridized carbons (Fsp3) is 0.778. The monoisotopic (exact) mass is 197 g/mol. The van der Waals surface area contributed by atoms with Crippen LogP contribution >= 0.6 is 0 Å². The maximum absolute atomic E-state index is 7.71. The second kappa shape index (κ2) is 4.30. The van der Waals surface area contributed by atoms with Crippen LogP contribution in [0.1, 0.15) is 26.7 Å². The number of aliphatic imine (C=N–C) groups is 1. The third-order valence-corrected chi connectivity index (χ3v) is 2.62. The van der Waals surface area contributed by atoms with E-state index in [1.54, 1.807) is 0 Å². The number of piperidine rings is 1. The Bertz CT molecular complexity index is 244. The molecule has 0 aromatic carbocycles. The first-order valence-electron chi connectivity index (χ1n) is 4.95. The van der Waals surface area contributed by atoms with Crippen LogP contribution in [0.5, 0.6) is 0 Å². The van der Waals surface area contributed by atoms with Crippen LogP contribution in [-0.4, -0.2) is 29.4 Å². The number of guanidine groups is 2. The summed E-state index contributed by atoms with van der Waals surface area (Å²) in [7, 11) is 0. The molecule has 0 aromatic rings. The summed E-state index contributed by atoms with van der Waals surface area (Å²) in [6, 6.07) is 0.363. The van der Waals surface area contributed by atoms with Gasteiger partial charge in [0.1, 0.15) is 0 Å². The molecule has 1 fully saturated rings. The summed E-state index contributed by atoms with van der Waals surface area (Å²) in [6.07, 6.45) is 2.32. The fourth-order valence-electron chi connectivity index (χ4n) is 1.77. The molecular formula is C9H19N5. The Morgan fingerprint density at radius 1 is 1.36 bits per heavy atom. The van der Waals surface area contributed by atoms with Gasteiger partial charge >= 0.3 is 0 Å². The highest BCUT2D eigenvalue weighted by molar-refractivity contribution is 5.91. The zero-order valence-electron chi connectivity index (χ0n) is 8.83. The quantitative estimate of drug-likeness (QED) is 0.385. The number of hydrogen-bond donors (Lipinski definition) is 3.